The SMILES string of the molecule is Cc1ccc(-c2csc3nc(SC4CCCCC4=O)n(C)c(=O)c23)cc1C. The Labute approximate surface area is 166 Å². The molecule has 1 atom stereocenters. The lowest BCUT2D eigenvalue weighted by Crippen LogP contribution is -2.25. The van der Waals surface area contributed by atoms with Gasteiger partial charge in [0.2, 0.25) is 0 Å². The van der Waals surface area contributed by atoms with E-state index in [4.69, 9.17) is 4.98 Å². The molecule has 1 unspecified atom stereocenters. The zero-order chi connectivity index (χ0) is 19.1. The van der Waals surface area contributed by atoms with Crippen LogP contribution in [0.2, 0.25) is 0 Å². The summed E-state index contributed by atoms with van der Waals surface area (Å²) >= 11 is 2.94. The number of hydrogen-bond acceptors (Lipinski definition) is 5. The Bertz CT molecular complexity index is 1100. The second kappa shape index (κ2) is 7.24. The van der Waals surface area contributed by atoms with Gasteiger partial charge in [0.25, 0.3) is 5.56 Å². The zero-order valence-electron chi connectivity index (χ0n) is 15.7. The van der Waals surface area contributed by atoms with Crippen molar-refractivity contribution in [3.8, 4) is 11.1 Å². The fourth-order valence-electron chi connectivity index (χ4n) is 3.48. The monoisotopic (exact) mass is 398 g/mol. The first kappa shape index (κ1) is 18.4. The van der Waals surface area contributed by atoms with Crippen LogP contribution in [-0.2, 0) is 11.8 Å². The molecule has 1 saturated carbocycles. The van der Waals surface area contributed by atoms with E-state index < -0.39 is 0 Å². The van der Waals surface area contributed by atoms with E-state index in [0.29, 0.717) is 17.0 Å². The summed E-state index contributed by atoms with van der Waals surface area (Å²) in [6.45, 7) is 4.17. The number of nitrogens with zero attached hydrogens (tertiary/aromatic N) is 2. The average Bonchev–Trinajstić information content (AvgIpc) is 3.07. The van der Waals surface area contributed by atoms with Crippen molar-refractivity contribution in [3.63, 3.8) is 0 Å². The highest BCUT2D eigenvalue weighted by Gasteiger charge is 2.25. The molecular weight excluding hydrogens is 376 g/mol. The third kappa shape index (κ3) is 3.36. The molecule has 0 amide bonds. The van der Waals surface area contributed by atoms with Crippen LogP contribution in [0.3, 0.4) is 0 Å². The summed E-state index contributed by atoms with van der Waals surface area (Å²) in [5, 5.41) is 3.25. The van der Waals surface area contributed by atoms with E-state index in [9.17, 15) is 9.59 Å². The maximum atomic E-state index is 13.1. The molecule has 4 nitrogen and oxygen atoms in total. The van der Waals surface area contributed by atoms with E-state index >= 15 is 0 Å². The van der Waals surface area contributed by atoms with E-state index in [1.807, 2.05) is 5.38 Å². The Morgan fingerprint density at radius 1 is 1.19 bits per heavy atom. The average molecular weight is 399 g/mol. The fourth-order valence-corrected chi connectivity index (χ4v) is 5.65. The van der Waals surface area contributed by atoms with E-state index in [0.717, 1.165) is 35.2 Å². The van der Waals surface area contributed by atoms with Crippen LogP contribution in [0, 0.1) is 13.8 Å². The second-order valence-corrected chi connectivity index (χ2v) is 9.23. The van der Waals surface area contributed by atoms with Crippen molar-refractivity contribution in [3.05, 3.63) is 45.1 Å². The molecule has 4 rings (SSSR count). The lowest BCUT2D eigenvalue weighted by molar-refractivity contribution is -0.119. The minimum atomic E-state index is -0.0755. The smallest absolute Gasteiger partial charge is 0.263 e. The highest BCUT2D eigenvalue weighted by atomic mass is 32.2. The molecule has 2 aromatic heterocycles. The molecule has 6 heteroatoms. The third-order valence-corrected chi connectivity index (χ3v) is 7.57. The van der Waals surface area contributed by atoms with Gasteiger partial charge in [-0.2, -0.15) is 0 Å². The van der Waals surface area contributed by atoms with Gasteiger partial charge in [0.05, 0.1) is 10.6 Å². The van der Waals surface area contributed by atoms with Crippen LogP contribution >= 0.6 is 23.1 Å². The Balaban J connectivity index is 1.78. The molecule has 0 bridgehead atoms. The van der Waals surface area contributed by atoms with E-state index in [1.165, 1.54) is 34.2 Å². The molecule has 1 fully saturated rings. The number of benzene rings is 1. The van der Waals surface area contributed by atoms with Crippen LogP contribution in [0.25, 0.3) is 21.3 Å². The standard InChI is InChI=1S/C21H22N2O2S2/c1-12-8-9-14(10-13(12)2)15-11-26-19-18(15)20(25)23(3)21(22-19)27-17-7-5-4-6-16(17)24/h8-11,17H,4-7H2,1-3H3. The van der Waals surface area contributed by atoms with Gasteiger partial charge in [-0.15, -0.1) is 11.3 Å². The molecule has 3 aromatic rings. The molecular formula is C21H22N2O2S2. The molecule has 0 saturated heterocycles. The van der Waals surface area contributed by atoms with Crippen LogP contribution in [0.15, 0.2) is 33.5 Å². The number of rotatable bonds is 3. The summed E-state index contributed by atoms with van der Waals surface area (Å²) in [5.74, 6) is 0.280. The molecule has 1 aromatic carbocycles. The number of Topliss-reactive ketones (excluding diaryl/α,β-unsaturated/α-hetero) is 1. The van der Waals surface area contributed by atoms with Crippen LogP contribution in [-0.4, -0.2) is 20.6 Å². The van der Waals surface area contributed by atoms with Crippen molar-refractivity contribution in [2.45, 2.75) is 49.9 Å². The van der Waals surface area contributed by atoms with Gasteiger partial charge in [-0.25, -0.2) is 4.98 Å². The normalized spacial score (nSPS) is 17.6. The highest BCUT2D eigenvalue weighted by molar-refractivity contribution is 8.00. The number of hydrogen-bond donors (Lipinski definition) is 0. The summed E-state index contributed by atoms with van der Waals surface area (Å²) in [6, 6.07) is 6.28. The lowest BCUT2D eigenvalue weighted by Gasteiger charge is -2.20. The molecule has 140 valence electrons. The van der Waals surface area contributed by atoms with Crippen LogP contribution < -0.4 is 5.56 Å². The Hall–Kier alpha value is -1.92. The molecule has 0 aliphatic heterocycles. The lowest BCUT2D eigenvalue weighted by atomic mass is 9.99. The van der Waals surface area contributed by atoms with Gasteiger partial charge in [0.1, 0.15) is 10.6 Å². The number of thioether (sulfide) groups is 1. The Morgan fingerprint density at radius 3 is 2.74 bits per heavy atom. The summed E-state index contributed by atoms with van der Waals surface area (Å²) in [7, 11) is 1.76. The predicted molar refractivity (Wildman–Crippen MR) is 113 cm³/mol. The number of carbonyl (C=O) groups is 1. The van der Waals surface area contributed by atoms with Crippen molar-refractivity contribution in [1.82, 2.24) is 9.55 Å². The number of carbonyl (C=O) groups excluding carboxylic acids is 1. The largest absolute Gasteiger partial charge is 0.298 e. The van der Waals surface area contributed by atoms with Gasteiger partial charge in [0, 0.05) is 24.4 Å². The molecule has 1 aliphatic carbocycles. The van der Waals surface area contributed by atoms with Gasteiger partial charge in [-0.3, -0.25) is 14.2 Å². The minimum Gasteiger partial charge on any atom is -0.298 e. The van der Waals surface area contributed by atoms with E-state index in [-0.39, 0.29) is 16.6 Å². The quantitative estimate of drug-likeness (QED) is 0.590. The highest BCUT2D eigenvalue weighted by Crippen LogP contribution is 2.35. The molecule has 27 heavy (non-hydrogen) atoms. The summed E-state index contributed by atoms with van der Waals surface area (Å²) in [6.07, 6.45) is 3.56. The van der Waals surface area contributed by atoms with E-state index in [1.54, 1.807) is 11.6 Å². The van der Waals surface area contributed by atoms with E-state index in [2.05, 4.69) is 32.0 Å². The first-order chi connectivity index (χ1) is 13.0. The third-order valence-electron chi connectivity index (χ3n) is 5.34. The molecule has 0 spiro atoms. The fraction of sp³-hybridized carbons (Fsp3) is 0.381. The minimum absolute atomic E-state index is 0.0414. The van der Waals surface area contributed by atoms with Crippen molar-refractivity contribution in [1.29, 1.82) is 0 Å². The zero-order valence-corrected chi connectivity index (χ0v) is 17.4. The first-order valence-electron chi connectivity index (χ1n) is 9.21. The maximum absolute atomic E-state index is 13.1. The van der Waals surface area contributed by atoms with Crippen molar-refractivity contribution < 1.29 is 4.79 Å². The Kier molecular flexibility index (Phi) is 4.95. The van der Waals surface area contributed by atoms with Gasteiger partial charge >= 0.3 is 0 Å². The van der Waals surface area contributed by atoms with Gasteiger partial charge in [0.15, 0.2) is 5.16 Å². The summed E-state index contributed by atoms with van der Waals surface area (Å²) < 4.78 is 1.60. The van der Waals surface area contributed by atoms with Crippen molar-refractivity contribution in [2.24, 2.45) is 7.05 Å². The Morgan fingerprint density at radius 2 is 2.00 bits per heavy atom. The number of ketones is 1. The first-order valence-corrected chi connectivity index (χ1v) is 11.0. The molecule has 1 aliphatic rings. The van der Waals surface area contributed by atoms with Crippen LogP contribution in [0.4, 0.5) is 0 Å². The molecule has 0 N–H and O–H groups in total. The number of aryl methyl sites for hydroxylation is 2. The maximum Gasteiger partial charge on any atom is 0.263 e. The van der Waals surface area contributed by atoms with Crippen molar-refractivity contribution >= 4 is 39.1 Å². The molecule has 2 heterocycles. The van der Waals surface area contributed by atoms with Gasteiger partial charge in [-0.1, -0.05) is 36.4 Å². The van der Waals surface area contributed by atoms with Gasteiger partial charge < -0.3 is 0 Å². The predicted octanol–water partition coefficient (Wildman–Crippen LogP) is 4.88. The van der Waals surface area contributed by atoms with Gasteiger partial charge in [-0.05, 0) is 43.4 Å². The van der Waals surface area contributed by atoms with Crippen LogP contribution in [0.5, 0.6) is 0 Å². The molecule has 0 radical (unpaired) electrons. The van der Waals surface area contributed by atoms with Crippen molar-refractivity contribution in [2.75, 3.05) is 0 Å². The van der Waals surface area contributed by atoms with Crippen LogP contribution in [0.1, 0.15) is 36.8 Å². The number of aromatic nitrogens is 2. The number of thiophene rings is 1. The topological polar surface area (TPSA) is 52.0 Å². The summed E-state index contributed by atoms with van der Waals surface area (Å²) in [4.78, 5) is 30.8. The second-order valence-electron chi connectivity index (χ2n) is 7.21. The number of fused-ring (bicyclic) bond motifs is 1. The summed E-state index contributed by atoms with van der Waals surface area (Å²) in [5.41, 5.74) is 4.39.